The molecule has 0 radical (unpaired) electrons. The predicted molar refractivity (Wildman–Crippen MR) is 126 cm³/mol. The standard InChI is InChI=1S/C27H22OS/c1-2-20-10-7-17-29(20)27-25-21-11-5-3-8-18(21)13-15-23(25)28-24-16-14-19-9-4-6-12-22(19)26(24)27/h3-17,27,29H,2H2,1H3. The van der Waals surface area contributed by atoms with Gasteiger partial charge in [0.2, 0.25) is 0 Å². The molecular weight excluding hydrogens is 372 g/mol. The molecule has 0 aliphatic carbocycles. The summed E-state index contributed by atoms with van der Waals surface area (Å²) < 4.78 is 6.52. The quantitative estimate of drug-likeness (QED) is 0.339. The second kappa shape index (κ2) is 6.53. The summed E-state index contributed by atoms with van der Waals surface area (Å²) in [6.07, 6.45) is 5.68. The lowest BCUT2D eigenvalue weighted by Gasteiger charge is -2.36. The Morgan fingerprint density at radius 2 is 1.34 bits per heavy atom. The normalized spacial score (nSPS) is 19.1. The summed E-state index contributed by atoms with van der Waals surface area (Å²) >= 11 is 0. The Bertz CT molecular complexity index is 1250. The van der Waals surface area contributed by atoms with Gasteiger partial charge in [-0.2, -0.15) is 10.9 Å². The fourth-order valence-corrected chi connectivity index (χ4v) is 7.49. The molecule has 1 atom stereocenters. The van der Waals surface area contributed by atoms with E-state index in [0.717, 1.165) is 17.9 Å². The van der Waals surface area contributed by atoms with Gasteiger partial charge in [-0.15, -0.1) is 0 Å². The highest BCUT2D eigenvalue weighted by atomic mass is 32.2. The minimum atomic E-state index is -0.446. The van der Waals surface area contributed by atoms with Gasteiger partial charge in [-0.05, 0) is 50.4 Å². The summed E-state index contributed by atoms with van der Waals surface area (Å²) in [5, 5.41) is 7.94. The predicted octanol–water partition coefficient (Wildman–Crippen LogP) is 8.01. The molecule has 0 N–H and O–H groups in total. The molecule has 142 valence electrons. The van der Waals surface area contributed by atoms with Crippen LogP contribution in [0, 0.1) is 0 Å². The Hall–Kier alpha value is -2.97. The molecule has 29 heavy (non-hydrogen) atoms. The summed E-state index contributed by atoms with van der Waals surface area (Å²) in [5.74, 6) is 2.02. The minimum absolute atomic E-state index is 0.311. The molecule has 0 spiro atoms. The Balaban J connectivity index is 1.72. The van der Waals surface area contributed by atoms with Gasteiger partial charge in [0.15, 0.2) is 0 Å². The molecular formula is C27H22OS. The Kier molecular flexibility index (Phi) is 3.82. The number of benzene rings is 4. The number of rotatable bonds is 2. The van der Waals surface area contributed by atoms with Gasteiger partial charge < -0.3 is 4.74 Å². The molecule has 0 aromatic heterocycles. The zero-order valence-corrected chi connectivity index (χ0v) is 17.2. The van der Waals surface area contributed by atoms with Gasteiger partial charge in [-0.1, -0.05) is 79.7 Å². The van der Waals surface area contributed by atoms with Crippen molar-refractivity contribution in [2.45, 2.75) is 18.6 Å². The number of hydrogen-bond acceptors (Lipinski definition) is 1. The first-order valence-corrected chi connectivity index (χ1v) is 11.7. The van der Waals surface area contributed by atoms with Gasteiger partial charge >= 0.3 is 0 Å². The van der Waals surface area contributed by atoms with Crippen LogP contribution in [0.3, 0.4) is 0 Å². The average molecular weight is 395 g/mol. The zero-order chi connectivity index (χ0) is 19.4. The monoisotopic (exact) mass is 394 g/mol. The smallest absolute Gasteiger partial charge is 0.132 e. The SMILES string of the molecule is CCC1=CC=C[SH]1C1c2c(ccc3ccccc23)Oc2ccc3ccccc3c21. The highest BCUT2D eigenvalue weighted by Gasteiger charge is 2.35. The van der Waals surface area contributed by atoms with Gasteiger partial charge in [0.1, 0.15) is 11.5 Å². The van der Waals surface area contributed by atoms with Crippen LogP contribution in [0.2, 0.25) is 0 Å². The van der Waals surface area contributed by atoms with E-state index in [-0.39, 0.29) is 0 Å². The van der Waals surface area contributed by atoms with E-state index in [4.69, 9.17) is 4.74 Å². The average Bonchev–Trinajstić information content (AvgIpc) is 3.25. The number of fused-ring (bicyclic) bond motifs is 6. The lowest BCUT2D eigenvalue weighted by molar-refractivity contribution is 0.461. The van der Waals surface area contributed by atoms with Crippen molar-refractivity contribution in [3.63, 3.8) is 0 Å². The van der Waals surface area contributed by atoms with Gasteiger partial charge in [-0.25, -0.2) is 0 Å². The van der Waals surface area contributed by atoms with Crippen molar-refractivity contribution in [3.8, 4) is 11.5 Å². The molecule has 0 saturated carbocycles. The van der Waals surface area contributed by atoms with E-state index in [1.165, 1.54) is 32.7 Å². The maximum Gasteiger partial charge on any atom is 0.132 e. The number of hydrogen-bond donors (Lipinski definition) is 1. The van der Waals surface area contributed by atoms with Crippen molar-refractivity contribution in [1.29, 1.82) is 0 Å². The number of allylic oxidation sites excluding steroid dienone is 3. The summed E-state index contributed by atoms with van der Waals surface area (Å²) in [7, 11) is -0.446. The van der Waals surface area contributed by atoms with E-state index < -0.39 is 10.9 Å². The van der Waals surface area contributed by atoms with Crippen molar-refractivity contribution in [1.82, 2.24) is 0 Å². The van der Waals surface area contributed by atoms with Crippen LogP contribution in [0.25, 0.3) is 21.5 Å². The first-order chi connectivity index (χ1) is 14.3. The summed E-state index contributed by atoms with van der Waals surface area (Å²) in [4.78, 5) is 1.56. The summed E-state index contributed by atoms with van der Waals surface area (Å²) in [6, 6.07) is 26.1. The van der Waals surface area contributed by atoms with E-state index in [1.54, 1.807) is 4.91 Å². The molecule has 0 fully saturated rings. The van der Waals surface area contributed by atoms with E-state index in [2.05, 4.69) is 97.3 Å². The molecule has 4 aromatic carbocycles. The Labute approximate surface area is 173 Å². The summed E-state index contributed by atoms with van der Waals surface area (Å²) in [6.45, 7) is 2.28. The van der Waals surface area contributed by atoms with Crippen molar-refractivity contribution in [2.24, 2.45) is 0 Å². The maximum atomic E-state index is 6.52. The molecule has 1 nitrogen and oxygen atoms in total. The van der Waals surface area contributed by atoms with Crippen LogP contribution in [-0.4, -0.2) is 0 Å². The first-order valence-electron chi connectivity index (χ1n) is 10.2. The minimum Gasteiger partial charge on any atom is -0.457 e. The van der Waals surface area contributed by atoms with E-state index in [0.29, 0.717) is 5.25 Å². The molecule has 0 saturated heterocycles. The Morgan fingerprint density at radius 1 is 0.759 bits per heavy atom. The van der Waals surface area contributed by atoms with Crippen molar-refractivity contribution in [3.05, 3.63) is 106 Å². The van der Waals surface area contributed by atoms with E-state index >= 15 is 0 Å². The largest absolute Gasteiger partial charge is 0.457 e. The van der Waals surface area contributed by atoms with Gasteiger partial charge in [0.25, 0.3) is 0 Å². The van der Waals surface area contributed by atoms with Gasteiger partial charge in [0, 0.05) is 11.1 Å². The molecule has 2 heterocycles. The maximum absolute atomic E-state index is 6.52. The molecule has 6 rings (SSSR count). The fourth-order valence-electron chi connectivity index (χ4n) is 4.82. The van der Waals surface area contributed by atoms with Crippen molar-refractivity contribution in [2.75, 3.05) is 0 Å². The third kappa shape index (κ3) is 2.49. The van der Waals surface area contributed by atoms with Crippen LogP contribution in [0.5, 0.6) is 11.5 Å². The van der Waals surface area contributed by atoms with Crippen molar-refractivity contribution < 1.29 is 4.74 Å². The topological polar surface area (TPSA) is 9.23 Å². The van der Waals surface area contributed by atoms with Crippen LogP contribution in [0.1, 0.15) is 29.7 Å². The van der Waals surface area contributed by atoms with E-state index in [1.807, 2.05) is 0 Å². The Morgan fingerprint density at radius 3 is 1.93 bits per heavy atom. The molecule has 4 aromatic rings. The third-order valence-electron chi connectivity index (χ3n) is 6.14. The van der Waals surface area contributed by atoms with Crippen LogP contribution >= 0.6 is 10.9 Å². The second-order valence-corrected chi connectivity index (χ2v) is 9.87. The van der Waals surface area contributed by atoms with E-state index in [9.17, 15) is 0 Å². The third-order valence-corrected chi connectivity index (χ3v) is 8.83. The summed E-state index contributed by atoms with van der Waals surface area (Å²) in [5.41, 5.74) is 2.70. The number of ether oxygens (including phenoxy) is 1. The lowest BCUT2D eigenvalue weighted by Crippen LogP contribution is -2.12. The molecule has 0 bridgehead atoms. The van der Waals surface area contributed by atoms with Crippen molar-refractivity contribution >= 4 is 32.4 Å². The fraction of sp³-hybridized carbons (Fsp3) is 0.111. The van der Waals surface area contributed by atoms with Crippen LogP contribution in [0.15, 0.2) is 95.3 Å². The first kappa shape index (κ1) is 16.9. The molecule has 0 amide bonds. The van der Waals surface area contributed by atoms with Crippen LogP contribution in [0.4, 0.5) is 0 Å². The highest BCUT2D eigenvalue weighted by Crippen LogP contribution is 2.64. The van der Waals surface area contributed by atoms with Crippen LogP contribution < -0.4 is 4.74 Å². The second-order valence-electron chi connectivity index (χ2n) is 7.66. The zero-order valence-electron chi connectivity index (χ0n) is 16.3. The van der Waals surface area contributed by atoms with Gasteiger partial charge in [-0.3, -0.25) is 0 Å². The number of thiol groups is 1. The van der Waals surface area contributed by atoms with Crippen LogP contribution in [-0.2, 0) is 0 Å². The lowest BCUT2D eigenvalue weighted by atomic mass is 9.91. The molecule has 1 unspecified atom stereocenters. The molecule has 2 heteroatoms. The molecule has 2 aliphatic heterocycles. The highest BCUT2D eigenvalue weighted by molar-refractivity contribution is 8.23. The van der Waals surface area contributed by atoms with Gasteiger partial charge in [0.05, 0.1) is 5.25 Å². The molecule has 2 aliphatic rings.